The van der Waals surface area contributed by atoms with E-state index in [1.165, 1.54) is 5.56 Å². The molecule has 1 N–H and O–H groups in total. The van der Waals surface area contributed by atoms with Crippen molar-refractivity contribution in [3.05, 3.63) is 33.8 Å². The predicted molar refractivity (Wildman–Crippen MR) is 77.1 cm³/mol. The molecular weight excluding hydrogens is 253 g/mol. The summed E-state index contributed by atoms with van der Waals surface area (Å²) in [6, 6.07) is 6.31. The molecule has 0 spiro atoms. The third-order valence-electron chi connectivity index (χ3n) is 2.89. The molecule has 0 heterocycles. The minimum Gasteiger partial charge on any atom is -0.315 e. The van der Waals surface area contributed by atoms with E-state index >= 15 is 0 Å². The highest BCUT2D eigenvalue weighted by Gasteiger charge is 2.10. The van der Waals surface area contributed by atoms with Crippen LogP contribution in [0.5, 0.6) is 0 Å². The largest absolute Gasteiger partial charge is 0.315 e. The predicted octanol–water partition coefficient (Wildman–Crippen LogP) is 4.56. The van der Waals surface area contributed by atoms with Crippen LogP contribution >= 0.6 is 23.2 Å². The molecule has 0 saturated heterocycles. The van der Waals surface area contributed by atoms with Gasteiger partial charge in [0.05, 0.1) is 0 Å². The summed E-state index contributed by atoms with van der Waals surface area (Å²) in [4.78, 5) is 0. The van der Waals surface area contributed by atoms with E-state index < -0.39 is 0 Å². The fourth-order valence-electron chi connectivity index (χ4n) is 2.18. The van der Waals surface area contributed by atoms with E-state index in [-0.39, 0.29) is 0 Å². The van der Waals surface area contributed by atoms with Crippen molar-refractivity contribution in [3.63, 3.8) is 0 Å². The van der Waals surface area contributed by atoms with Gasteiger partial charge in [-0.1, -0.05) is 43.1 Å². The van der Waals surface area contributed by atoms with Gasteiger partial charge in [-0.05, 0) is 49.9 Å². The molecule has 0 aliphatic rings. The molecule has 1 nitrogen and oxygen atoms in total. The highest BCUT2D eigenvalue weighted by atomic mass is 35.5. The van der Waals surface area contributed by atoms with Gasteiger partial charge in [-0.2, -0.15) is 0 Å². The molecule has 0 amide bonds. The Bertz CT molecular complexity index is 352. The van der Waals surface area contributed by atoms with E-state index in [1.807, 2.05) is 18.2 Å². The van der Waals surface area contributed by atoms with Gasteiger partial charge in [-0.3, -0.25) is 0 Å². The summed E-state index contributed by atoms with van der Waals surface area (Å²) in [6.07, 6.45) is 2.17. The summed E-state index contributed by atoms with van der Waals surface area (Å²) in [7, 11) is 0. The first-order valence-corrected chi connectivity index (χ1v) is 6.95. The molecule has 1 rings (SSSR count). The minimum atomic E-state index is 0.557. The lowest BCUT2D eigenvalue weighted by Gasteiger charge is -2.18. The van der Waals surface area contributed by atoms with Crippen LogP contribution in [0, 0.1) is 5.92 Å². The third kappa shape index (κ3) is 5.29. The van der Waals surface area contributed by atoms with Gasteiger partial charge >= 0.3 is 0 Å². The quantitative estimate of drug-likeness (QED) is 0.801. The van der Waals surface area contributed by atoms with Crippen LogP contribution in [0.15, 0.2) is 18.2 Å². The number of benzene rings is 1. The fourth-order valence-corrected chi connectivity index (χ4v) is 2.67. The first-order valence-electron chi connectivity index (χ1n) is 6.20. The number of hydrogen-bond donors (Lipinski definition) is 1. The molecule has 0 aliphatic carbocycles. The first kappa shape index (κ1) is 14.8. The van der Waals surface area contributed by atoms with Gasteiger partial charge in [0.15, 0.2) is 0 Å². The van der Waals surface area contributed by atoms with Crippen molar-refractivity contribution in [1.29, 1.82) is 0 Å². The summed E-state index contributed by atoms with van der Waals surface area (Å²) < 4.78 is 0. The Hall–Kier alpha value is -0.240. The lowest BCUT2D eigenvalue weighted by molar-refractivity contribution is 0.426. The maximum absolute atomic E-state index is 6.17. The van der Waals surface area contributed by atoms with Crippen molar-refractivity contribution in [2.45, 2.75) is 39.7 Å². The van der Waals surface area contributed by atoms with Gasteiger partial charge in [0, 0.05) is 16.1 Å². The summed E-state index contributed by atoms with van der Waals surface area (Å²) in [6.45, 7) is 7.65. The number of rotatable bonds is 6. The average Bonchev–Trinajstić information content (AvgIpc) is 2.22. The lowest BCUT2D eigenvalue weighted by Crippen LogP contribution is -2.27. The van der Waals surface area contributed by atoms with Crippen molar-refractivity contribution in [3.8, 4) is 0 Å². The smallest absolute Gasteiger partial charge is 0.0452 e. The second-order valence-corrected chi connectivity index (χ2v) is 5.58. The zero-order chi connectivity index (χ0) is 12.8. The van der Waals surface area contributed by atoms with Crippen LogP contribution in [-0.4, -0.2) is 12.6 Å². The van der Waals surface area contributed by atoms with Crippen LogP contribution in [0.4, 0.5) is 0 Å². The zero-order valence-corrected chi connectivity index (χ0v) is 12.3. The van der Waals surface area contributed by atoms with E-state index in [0.717, 1.165) is 24.4 Å². The van der Waals surface area contributed by atoms with Crippen molar-refractivity contribution >= 4 is 23.2 Å². The van der Waals surface area contributed by atoms with Crippen LogP contribution in [0.1, 0.15) is 32.8 Å². The molecule has 0 aromatic heterocycles. The maximum Gasteiger partial charge on any atom is 0.0452 e. The molecule has 0 saturated carbocycles. The lowest BCUT2D eigenvalue weighted by atomic mass is 9.95. The van der Waals surface area contributed by atoms with Crippen LogP contribution in [-0.2, 0) is 6.42 Å². The molecule has 1 aromatic rings. The Morgan fingerprint density at radius 2 is 1.94 bits per heavy atom. The van der Waals surface area contributed by atoms with Gasteiger partial charge in [-0.25, -0.2) is 0 Å². The van der Waals surface area contributed by atoms with E-state index in [1.54, 1.807) is 0 Å². The van der Waals surface area contributed by atoms with E-state index in [2.05, 4.69) is 26.1 Å². The van der Waals surface area contributed by atoms with Crippen LogP contribution in [0.3, 0.4) is 0 Å². The molecule has 2 unspecified atom stereocenters. The Morgan fingerprint density at radius 3 is 2.53 bits per heavy atom. The number of halogens is 2. The number of nitrogens with one attached hydrogen (secondary N) is 1. The van der Waals surface area contributed by atoms with Crippen molar-refractivity contribution in [2.75, 3.05) is 6.54 Å². The Balaban J connectivity index is 2.52. The van der Waals surface area contributed by atoms with Crippen LogP contribution in [0.2, 0.25) is 10.0 Å². The topological polar surface area (TPSA) is 12.0 Å². The highest BCUT2D eigenvalue weighted by molar-refractivity contribution is 6.35. The van der Waals surface area contributed by atoms with Crippen molar-refractivity contribution < 1.29 is 0 Å². The molecule has 17 heavy (non-hydrogen) atoms. The van der Waals surface area contributed by atoms with Crippen molar-refractivity contribution in [2.24, 2.45) is 5.92 Å². The minimum absolute atomic E-state index is 0.557. The molecular formula is C14H21Cl2N. The molecule has 0 aliphatic heterocycles. The second-order valence-electron chi connectivity index (χ2n) is 4.74. The highest BCUT2D eigenvalue weighted by Crippen LogP contribution is 2.24. The van der Waals surface area contributed by atoms with Crippen LogP contribution in [0.25, 0.3) is 0 Å². The van der Waals surface area contributed by atoms with E-state index in [9.17, 15) is 0 Å². The SMILES string of the molecule is CCNC(C)CC(C)Cc1ccc(Cl)cc1Cl. The standard InChI is InChI=1S/C14H21Cl2N/c1-4-17-11(3)7-10(2)8-12-5-6-13(15)9-14(12)16/h5-6,9-11,17H,4,7-8H2,1-3H3. The van der Waals surface area contributed by atoms with Gasteiger partial charge in [-0.15, -0.1) is 0 Å². The molecule has 0 bridgehead atoms. The molecule has 0 fully saturated rings. The first-order chi connectivity index (χ1) is 8.02. The maximum atomic E-state index is 6.17. The van der Waals surface area contributed by atoms with Gasteiger partial charge in [0.2, 0.25) is 0 Å². The second kappa shape index (κ2) is 7.25. The monoisotopic (exact) mass is 273 g/mol. The van der Waals surface area contributed by atoms with Gasteiger partial charge in [0.1, 0.15) is 0 Å². The number of hydrogen-bond acceptors (Lipinski definition) is 1. The fraction of sp³-hybridized carbons (Fsp3) is 0.571. The molecule has 2 atom stereocenters. The van der Waals surface area contributed by atoms with Gasteiger partial charge < -0.3 is 5.32 Å². The average molecular weight is 274 g/mol. The van der Waals surface area contributed by atoms with Crippen LogP contribution < -0.4 is 5.32 Å². The summed E-state index contributed by atoms with van der Waals surface area (Å²) in [5.41, 5.74) is 1.19. The van der Waals surface area contributed by atoms with E-state index in [4.69, 9.17) is 23.2 Å². The van der Waals surface area contributed by atoms with E-state index in [0.29, 0.717) is 17.0 Å². The molecule has 1 aromatic carbocycles. The third-order valence-corrected chi connectivity index (χ3v) is 3.48. The zero-order valence-electron chi connectivity index (χ0n) is 10.8. The Kier molecular flexibility index (Phi) is 6.32. The normalized spacial score (nSPS) is 14.6. The Labute approximate surface area is 115 Å². The van der Waals surface area contributed by atoms with Gasteiger partial charge in [0.25, 0.3) is 0 Å². The summed E-state index contributed by atoms with van der Waals surface area (Å²) >= 11 is 12.1. The van der Waals surface area contributed by atoms with Crippen molar-refractivity contribution in [1.82, 2.24) is 5.32 Å². The Morgan fingerprint density at radius 1 is 1.24 bits per heavy atom. The summed E-state index contributed by atoms with van der Waals surface area (Å²) in [5.74, 6) is 0.614. The molecule has 96 valence electrons. The molecule has 0 radical (unpaired) electrons. The summed E-state index contributed by atoms with van der Waals surface area (Å²) in [5, 5.41) is 4.91. The molecule has 3 heteroatoms.